The second-order valence-corrected chi connectivity index (χ2v) is 6.52. The first kappa shape index (κ1) is 15.5. The Bertz CT molecular complexity index is 715. The number of hydrogen-bond donors (Lipinski definition) is 1. The van der Waals surface area contributed by atoms with Gasteiger partial charge in [0.2, 0.25) is 0 Å². The van der Waals surface area contributed by atoms with Crippen LogP contribution in [0.15, 0.2) is 34.9 Å². The Morgan fingerprint density at radius 2 is 2.21 bits per heavy atom. The lowest BCUT2D eigenvalue weighted by Gasteiger charge is -2.44. The molecule has 2 aliphatic heterocycles. The van der Waals surface area contributed by atoms with Crippen molar-refractivity contribution in [3.63, 3.8) is 0 Å². The van der Waals surface area contributed by atoms with E-state index in [-0.39, 0.29) is 11.6 Å². The first-order chi connectivity index (χ1) is 11.8. The van der Waals surface area contributed by atoms with Gasteiger partial charge in [0.1, 0.15) is 11.2 Å². The van der Waals surface area contributed by atoms with E-state index in [1.807, 2.05) is 29.2 Å². The van der Waals surface area contributed by atoms with Gasteiger partial charge < -0.3 is 24.1 Å². The van der Waals surface area contributed by atoms with Crippen molar-refractivity contribution < 1.29 is 18.7 Å². The predicted molar refractivity (Wildman–Crippen MR) is 88.8 cm³/mol. The first-order valence-electron chi connectivity index (χ1n) is 8.45. The molecule has 0 radical (unpaired) electrons. The number of carbonyl (C=O) groups is 1. The second-order valence-electron chi connectivity index (χ2n) is 6.52. The molecule has 1 N–H and O–H groups in total. The quantitative estimate of drug-likeness (QED) is 0.919. The topological polar surface area (TPSA) is 63.9 Å². The minimum absolute atomic E-state index is 0.0615. The summed E-state index contributed by atoms with van der Waals surface area (Å²) in [6.07, 6.45) is 3.64. The molecule has 1 spiro atoms. The predicted octanol–water partition coefficient (Wildman–Crippen LogP) is 2.52. The Balaban J connectivity index is 1.39. The molecule has 4 rings (SSSR count). The highest BCUT2D eigenvalue weighted by Gasteiger charge is 2.40. The highest BCUT2D eigenvalue weighted by Crippen LogP contribution is 2.27. The van der Waals surface area contributed by atoms with Crippen LogP contribution < -0.4 is 5.32 Å². The van der Waals surface area contributed by atoms with Gasteiger partial charge in [-0.15, -0.1) is 0 Å². The number of amides is 2. The standard InChI is InChI=1S/C18H22N2O4/c21-17(19-10-14-11-23-16-5-2-1-4-15(14)16)20-7-9-24-18(12-20)6-3-8-22-13-18/h1-2,4-5,11H,3,6-10,12-13H2,(H,19,21). The molecule has 2 fully saturated rings. The summed E-state index contributed by atoms with van der Waals surface area (Å²) in [5, 5.41) is 4.04. The number of carbonyl (C=O) groups excluding carboxylic acids is 1. The van der Waals surface area contributed by atoms with Crippen LogP contribution in [0.3, 0.4) is 0 Å². The highest BCUT2D eigenvalue weighted by molar-refractivity contribution is 5.81. The lowest BCUT2D eigenvalue weighted by Crippen LogP contribution is -2.58. The van der Waals surface area contributed by atoms with E-state index >= 15 is 0 Å². The summed E-state index contributed by atoms with van der Waals surface area (Å²) < 4.78 is 17.0. The van der Waals surface area contributed by atoms with E-state index < -0.39 is 0 Å². The molecule has 2 aliphatic rings. The zero-order chi connectivity index (χ0) is 16.4. The van der Waals surface area contributed by atoms with Crippen LogP contribution in [0.5, 0.6) is 0 Å². The van der Waals surface area contributed by atoms with Crippen molar-refractivity contribution in [3.05, 3.63) is 36.1 Å². The Hall–Kier alpha value is -2.05. The molecule has 0 bridgehead atoms. The zero-order valence-corrected chi connectivity index (χ0v) is 13.6. The van der Waals surface area contributed by atoms with Gasteiger partial charge in [-0.3, -0.25) is 0 Å². The van der Waals surface area contributed by atoms with E-state index in [2.05, 4.69) is 5.32 Å². The minimum atomic E-state index is -0.323. The van der Waals surface area contributed by atoms with Crippen molar-refractivity contribution in [1.29, 1.82) is 0 Å². The summed E-state index contributed by atoms with van der Waals surface area (Å²) in [6, 6.07) is 7.78. The van der Waals surface area contributed by atoms with E-state index in [1.54, 1.807) is 6.26 Å². The average molecular weight is 330 g/mol. The molecule has 1 aromatic carbocycles. The molecule has 24 heavy (non-hydrogen) atoms. The number of fused-ring (bicyclic) bond motifs is 1. The SMILES string of the molecule is O=C(NCc1coc2ccccc12)N1CCOC2(CCCOC2)C1. The van der Waals surface area contributed by atoms with Crippen LogP contribution >= 0.6 is 0 Å². The molecule has 3 heterocycles. The molecule has 2 saturated heterocycles. The Labute approximate surface area is 140 Å². The second kappa shape index (κ2) is 6.45. The van der Waals surface area contributed by atoms with Crippen LogP contribution in [-0.2, 0) is 16.0 Å². The fraction of sp³-hybridized carbons (Fsp3) is 0.500. The number of morpholine rings is 1. The molecule has 0 saturated carbocycles. The maximum Gasteiger partial charge on any atom is 0.317 e. The summed E-state index contributed by atoms with van der Waals surface area (Å²) in [6.45, 7) is 3.57. The van der Waals surface area contributed by atoms with Crippen molar-refractivity contribution in [2.24, 2.45) is 0 Å². The maximum absolute atomic E-state index is 12.5. The van der Waals surface area contributed by atoms with Crippen molar-refractivity contribution in [2.45, 2.75) is 25.0 Å². The van der Waals surface area contributed by atoms with Crippen LogP contribution in [0.4, 0.5) is 4.79 Å². The average Bonchev–Trinajstić information content (AvgIpc) is 3.03. The van der Waals surface area contributed by atoms with Crippen LogP contribution in [-0.4, -0.2) is 49.4 Å². The summed E-state index contributed by atoms with van der Waals surface area (Å²) in [5.74, 6) is 0. The van der Waals surface area contributed by atoms with Crippen LogP contribution in [0.1, 0.15) is 18.4 Å². The molecule has 1 aromatic heterocycles. The van der Waals surface area contributed by atoms with E-state index in [1.165, 1.54) is 0 Å². The monoisotopic (exact) mass is 330 g/mol. The summed E-state index contributed by atoms with van der Waals surface area (Å²) >= 11 is 0. The molecule has 1 unspecified atom stereocenters. The van der Waals surface area contributed by atoms with Gasteiger partial charge in [0, 0.05) is 30.6 Å². The maximum atomic E-state index is 12.5. The zero-order valence-electron chi connectivity index (χ0n) is 13.6. The molecule has 2 aromatic rings. The normalized spacial score (nSPS) is 24.4. The molecule has 128 valence electrons. The molecule has 2 amide bonds. The van der Waals surface area contributed by atoms with E-state index in [4.69, 9.17) is 13.9 Å². The Morgan fingerprint density at radius 1 is 1.29 bits per heavy atom. The van der Waals surface area contributed by atoms with Crippen molar-refractivity contribution in [1.82, 2.24) is 10.2 Å². The number of para-hydroxylation sites is 1. The molecular formula is C18H22N2O4. The number of urea groups is 1. The highest BCUT2D eigenvalue weighted by atomic mass is 16.5. The molecule has 6 nitrogen and oxygen atoms in total. The summed E-state index contributed by atoms with van der Waals surface area (Å²) in [4.78, 5) is 14.4. The van der Waals surface area contributed by atoms with Gasteiger partial charge in [-0.2, -0.15) is 0 Å². The number of ether oxygens (including phenoxy) is 2. The first-order valence-corrected chi connectivity index (χ1v) is 8.45. The lowest BCUT2D eigenvalue weighted by atomic mass is 9.94. The lowest BCUT2D eigenvalue weighted by molar-refractivity contribution is -0.160. The summed E-state index contributed by atoms with van der Waals surface area (Å²) in [5.41, 5.74) is 1.50. The fourth-order valence-corrected chi connectivity index (χ4v) is 3.54. The van der Waals surface area contributed by atoms with Crippen molar-refractivity contribution in [2.75, 3.05) is 32.9 Å². The number of benzene rings is 1. The third kappa shape index (κ3) is 2.99. The fourth-order valence-electron chi connectivity index (χ4n) is 3.54. The summed E-state index contributed by atoms with van der Waals surface area (Å²) in [7, 11) is 0. The van der Waals surface area contributed by atoms with Gasteiger partial charge in [-0.05, 0) is 18.9 Å². The van der Waals surface area contributed by atoms with Gasteiger partial charge >= 0.3 is 6.03 Å². The van der Waals surface area contributed by atoms with E-state index in [0.29, 0.717) is 32.8 Å². The third-order valence-corrected chi connectivity index (χ3v) is 4.81. The molecule has 0 aliphatic carbocycles. The van der Waals surface area contributed by atoms with Gasteiger partial charge in [0.05, 0.1) is 26.0 Å². The number of hydrogen-bond acceptors (Lipinski definition) is 4. The Kier molecular flexibility index (Phi) is 4.16. The molecule has 1 atom stereocenters. The number of nitrogens with zero attached hydrogens (tertiary/aromatic N) is 1. The van der Waals surface area contributed by atoms with Gasteiger partial charge in [0.25, 0.3) is 0 Å². The minimum Gasteiger partial charge on any atom is -0.464 e. The van der Waals surface area contributed by atoms with Crippen molar-refractivity contribution in [3.8, 4) is 0 Å². The van der Waals surface area contributed by atoms with Crippen LogP contribution in [0.2, 0.25) is 0 Å². The largest absolute Gasteiger partial charge is 0.464 e. The van der Waals surface area contributed by atoms with E-state index in [0.717, 1.165) is 36.0 Å². The number of nitrogens with one attached hydrogen (secondary N) is 1. The van der Waals surface area contributed by atoms with Crippen LogP contribution in [0.25, 0.3) is 11.0 Å². The third-order valence-electron chi connectivity index (χ3n) is 4.81. The Morgan fingerprint density at radius 3 is 3.08 bits per heavy atom. The van der Waals surface area contributed by atoms with E-state index in [9.17, 15) is 4.79 Å². The van der Waals surface area contributed by atoms with Crippen molar-refractivity contribution >= 4 is 17.0 Å². The molecule has 6 heteroatoms. The smallest absolute Gasteiger partial charge is 0.317 e. The number of furan rings is 1. The number of rotatable bonds is 2. The van der Waals surface area contributed by atoms with Crippen LogP contribution in [0, 0.1) is 0 Å². The molecular weight excluding hydrogens is 308 g/mol. The van der Waals surface area contributed by atoms with Gasteiger partial charge in [-0.1, -0.05) is 18.2 Å². The van der Waals surface area contributed by atoms with Gasteiger partial charge in [-0.25, -0.2) is 4.79 Å². The van der Waals surface area contributed by atoms with Gasteiger partial charge in [0.15, 0.2) is 0 Å².